The van der Waals surface area contributed by atoms with Gasteiger partial charge >= 0.3 is 0 Å². The van der Waals surface area contributed by atoms with Crippen LogP contribution in [0.1, 0.15) is 70.3 Å². The van der Waals surface area contributed by atoms with Crippen LogP contribution in [0.5, 0.6) is 0 Å². The van der Waals surface area contributed by atoms with E-state index in [9.17, 15) is 57.8 Å². The lowest BCUT2D eigenvalue weighted by Crippen LogP contribution is -2.60. The quantitative estimate of drug-likeness (QED) is 0.0220. The van der Waals surface area contributed by atoms with Crippen LogP contribution in [-0.2, 0) is 56.1 Å². The number of pyridine rings is 1. The molecule has 1 unspecified atom stereocenters. The van der Waals surface area contributed by atoms with Crippen molar-refractivity contribution in [2.45, 2.75) is 96.9 Å². The van der Waals surface area contributed by atoms with E-state index in [0.29, 0.717) is 16.2 Å². The topological polar surface area (TPSA) is 317 Å². The summed E-state index contributed by atoms with van der Waals surface area (Å²) in [5.41, 5.74) is 6.75. The maximum absolute atomic E-state index is 15.4. The molecule has 77 heavy (non-hydrogen) atoms. The average molecular weight is 1070 g/mol. The number of carbonyl (C=O) groups excluding carboxylic acids is 9. The lowest BCUT2D eigenvalue weighted by molar-refractivity contribution is -0.141. The lowest BCUT2D eigenvalue weighted by atomic mass is 9.82. The van der Waals surface area contributed by atoms with Crippen molar-refractivity contribution in [1.29, 1.82) is 0 Å². The Hall–Kier alpha value is -8.22. The van der Waals surface area contributed by atoms with Crippen molar-refractivity contribution < 1.29 is 62.1 Å². The van der Waals surface area contributed by atoms with Crippen LogP contribution in [0.3, 0.4) is 0 Å². The molecule has 10 N–H and O–H groups in total. The van der Waals surface area contributed by atoms with Crippen molar-refractivity contribution in [2.24, 2.45) is 11.1 Å². The van der Waals surface area contributed by atoms with E-state index < -0.39 is 126 Å². The van der Waals surface area contributed by atoms with Gasteiger partial charge < -0.3 is 52.0 Å². The predicted molar refractivity (Wildman–Crippen MR) is 275 cm³/mol. The van der Waals surface area contributed by atoms with Gasteiger partial charge in [-0.2, -0.15) is 0 Å². The highest BCUT2D eigenvalue weighted by atomic mass is 19.1. The van der Waals surface area contributed by atoms with Gasteiger partial charge in [0.2, 0.25) is 41.4 Å². The van der Waals surface area contributed by atoms with Crippen molar-refractivity contribution in [1.82, 2.24) is 51.3 Å². The summed E-state index contributed by atoms with van der Waals surface area (Å²) in [5, 5.41) is 37.0. The molecule has 2 aromatic carbocycles. The highest BCUT2D eigenvalue weighted by Gasteiger charge is 2.39. The number of benzene rings is 2. The summed E-state index contributed by atoms with van der Waals surface area (Å²) >= 11 is 0. The van der Waals surface area contributed by atoms with Crippen LogP contribution in [0, 0.1) is 17.0 Å². The number of aliphatic hydroxyl groups excluding tert-OH is 2. The molecule has 3 heterocycles. The van der Waals surface area contributed by atoms with Gasteiger partial charge in [0.1, 0.15) is 43.1 Å². The molecule has 0 bridgehead atoms. The smallest absolute Gasteiger partial charge is 0.254 e. The average Bonchev–Trinajstić information content (AvgIpc) is 3.93. The summed E-state index contributed by atoms with van der Waals surface area (Å²) in [6.07, 6.45) is 3.75. The highest BCUT2D eigenvalue weighted by Crippen LogP contribution is 2.41. The van der Waals surface area contributed by atoms with Crippen LogP contribution in [0.2, 0.25) is 0 Å². The molecule has 5 rings (SSSR count). The minimum atomic E-state index is -1.74. The number of nitrogens with zero attached hydrogens (tertiary/aromatic N) is 4. The second-order valence-corrected chi connectivity index (χ2v) is 19.4. The molecule has 24 heteroatoms. The van der Waals surface area contributed by atoms with Crippen molar-refractivity contribution in [3.63, 3.8) is 0 Å². The van der Waals surface area contributed by atoms with E-state index in [-0.39, 0.29) is 50.1 Å². The van der Waals surface area contributed by atoms with Crippen LogP contribution < -0.4 is 37.6 Å². The molecule has 412 valence electrons. The summed E-state index contributed by atoms with van der Waals surface area (Å²) in [5.74, 6) is -8.45. The van der Waals surface area contributed by atoms with Crippen LogP contribution in [0.25, 0.3) is 11.1 Å². The third-order valence-corrected chi connectivity index (χ3v) is 12.3. The molecule has 6 atom stereocenters. The molecule has 4 aromatic rings. The molecule has 0 aliphatic carbocycles. The van der Waals surface area contributed by atoms with E-state index >= 15 is 4.39 Å². The fourth-order valence-electron chi connectivity index (χ4n) is 8.46. The standard InChI is InChI=1S/C53H65F2N11O11/c1-31(60-43(69)23-33-15-18-57-19-16-33)49(74)61-32(2)50(75)63-40(26-42(56)68)52(77)62-39(51(76)59-21-20-58-44(70)29-66-45(71)13-14-46(66)72)17-22-65(47(73)30-67)48(53(3,4)5)41-24-35(37-25-36(54)11-12-38(37)55)28-64(41)27-34-9-7-6-8-10-34/h6-16,18-19,24-25,28,31-32,39-40,48,50,63,67,75H,17,20-23,26-27,29-30H2,1-5H3,(H2,56,68)(H,58,70)(H,59,76)(H,60,69)(H,61,74)(H,62,77)/t31-,32-,39-,40-,48-,50?/m0/s1. The second-order valence-electron chi connectivity index (χ2n) is 19.4. The summed E-state index contributed by atoms with van der Waals surface area (Å²) in [4.78, 5) is 123. The van der Waals surface area contributed by atoms with Crippen molar-refractivity contribution in [3.05, 3.63) is 126 Å². The zero-order valence-corrected chi connectivity index (χ0v) is 43.3. The Bertz CT molecular complexity index is 2790. The molecular formula is C53H65F2N11O11. The first-order valence-electron chi connectivity index (χ1n) is 24.6. The maximum Gasteiger partial charge on any atom is 0.254 e. The first-order valence-corrected chi connectivity index (χ1v) is 24.6. The Morgan fingerprint density at radius 3 is 2.09 bits per heavy atom. The fraction of sp³-hybridized carbons (Fsp3) is 0.396. The van der Waals surface area contributed by atoms with E-state index in [1.807, 2.05) is 30.3 Å². The van der Waals surface area contributed by atoms with Gasteiger partial charge in [-0.15, -0.1) is 0 Å². The number of aromatic nitrogens is 2. The summed E-state index contributed by atoms with van der Waals surface area (Å²) in [6.45, 7) is 5.94. The van der Waals surface area contributed by atoms with Gasteiger partial charge in [0.25, 0.3) is 11.8 Å². The third kappa shape index (κ3) is 17.4. The van der Waals surface area contributed by atoms with Gasteiger partial charge in [-0.25, -0.2) is 8.78 Å². The number of imide groups is 1. The van der Waals surface area contributed by atoms with Crippen LogP contribution in [0.15, 0.2) is 97.5 Å². The number of nitrogens with two attached hydrogens (primary N) is 1. The first kappa shape index (κ1) is 59.7. The number of hydrogen-bond acceptors (Lipinski definition) is 13. The number of amides is 9. The molecule has 0 radical (unpaired) electrons. The molecule has 1 aliphatic heterocycles. The lowest BCUT2D eigenvalue weighted by Gasteiger charge is -2.41. The van der Waals surface area contributed by atoms with Gasteiger partial charge in [0.05, 0.1) is 31.0 Å². The number of hydrogen-bond donors (Lipinski definition) is 9. The second kappa shape index (κ2) is 27.5. The monoisotopic (exact) mass is 1070 g/mol. The van der Waals surface area contributed by atoms with Crippen molar-refractivity contribution in [3.8, 4) is 11.1 Å². The first-order chi connectivity index (χ1) is 36.4. The Morgan fingerprint density at radius 1 is 0.792 bits per heavy atom. The van der Waals surface area contributed by atoms with Gasteiger partial charge in [0, 0.05) is 73.7 Å². The fourth-order valence-corrected chi connectivity index (χ4v) is 8.46. The van der Waals surface area contributed by atoms with E-state index in [0.717, 1.165) is 35.9 Å². The SMILES string of the molecule is C[C@H](NC(=O)Cc1ccncc1)C(=O)N[C@@H](C)C(O)N[C@@H](CC(N)=O)C(=O)N[C@@H](CCN(C(=O)CO)[C@@H](c1cc(-c2cc(F)ccc2F)cn1Cc1ccccc1)C(C)(C)C)C(=O)NCCNC(=O)CN1C(=O)C=CC1=O. The Labute approximate surface area is 443 Å². The predicted octanol–water partition coefficient (Wildman–Crippen LogP) is 0.221. The number of nitrogens with one attached hydrogen (secondary N) is 6. The Balaban J connectivity index is 1.41. The van der Waals surface area contributed by atoms with Gasteiger partial charge in [-0.1, -0.05) is 51.1 Å². The van der Waals surface area contributed by atoms with E-state index in [2.05, 4.69) is 36.9 Å². The minimum Gasteiger partial charge on any atom is -0.387 e. The van der Waals surface area contributed by atoms with E-state index in [1.54, 1.807) is 49.7 Å². The zero-order chi connectivity index (χ0) is 56.6. The zero-order valence-electron chi connectivity index (χ0n) is 43.3. The van der Waals surface area contributed by atoms with Crippen LogP contribution in [0.4, 0.5) is 8.78 Å². The van der Waals surface area contributed by atoms with Crippen LogP contribution >= 0.6 is 0 Å². The van der Waals surface area contributed by atoms with Gasteiger partial charge in [-0.3, -0.25) is 58.4 Å². The molecule has 1 aliphatic rings. The number of carbonyl (C=O) groups is 9. The Kier molecular flexibility index (Phi) is 21.3. The van der Waals surface area contributed by atoms with Crippen LogP contribution in [-0.4, -0.2) is 146 Å². The maximum atomic E-state index is 15.4. The van der Waals surface area contributed by atoms with Crippen molar-refractivity contribution >= 4 is 53.2 Å². The normalized spacial score (nSPS) is 14.6. The van der Waals surface area contributed by atoms with Gasteiger partial charge in [-0.05, 0) is 73.2 Å². The summed E-state index contributed by atoms with van der Waals surface area (Å²) in [7, 11) is 0. The van der Waals surface area contributed by atoms with Crippen molar-refractivity contribution in [2.75, 3.05) is 32.8 Å². The molecule has 0 saturated heterocycles. The molecule has 22 nitrogen and oxygen atoms in total. The highest BCUT2D eigenvalue weighted by molar-refractivity contribution is 6.14. The minimum absolute atomic E-state index is 0.0420. The number of halogens is 2. The summed E-state index contributed by atoms with van der Waals surface area (Å²) in [6, 6.07) is 10.6. The molecule has 0 fully saturated rings. The van der Waals surface area contributed by atoms with E-state index in [1.165, 1.54) is 31.1 Å². The largest absolute Gasteiger partial charge is 0.387 e. The Morgan fingerprint density at radius 2 is 1.45 bits per heavy atom. The molecule has 0 saturated carbocycles. The molecule has 9 amide bonds. The number of aliphatic hydroxyl groups is 2. The third-order valence-electron chi connectivity index (χ3n) is 12.3. The van der Waals surface area contributed by atoms with E-state index in [4.69, 9.17) is 5.73 Å². The molecule has 2 aromatic heterocycles. The molecular weight excluding hydrogens is 1000 g/mol. The number of rotatable bonds is 27. The number of primary amides is 1. The molecule has 0 spiro atoms. The summed E-state index contributed by atoms with van der Waals surface area (Å²) < 4.78 is 31.8. The van der Waals surface area contributed by atoms with Gasteiger partial charge in [0.15, 0.2) is 0 Å².